The van der Waals surface area contributed by atoms with Gasteiger partial charge in [-0.15, -0.1) is 0 Å². The minimum absolute atomic E-state index is 0.497. The van der Waals surface area contributed by atoms with Crippen molar-refractivity contribution in [3.05, 3.63) is 58.6 Å². The molecule has 0 fully saturated rings. The molecule has 2 aromatic carbocycles. The van der Waals surface area contributed by atoms with Crippen molar-refractivity contribution in [2.24, 2.45) is 0 Å². The number of halogens is 1. The second-order valence-corrected chi connectivity index (χ2v) is 4.85. The fourth-order valence-corrected chi connectivity index (χ4v) is 2.08. The standard InChI is InChI=1S/C15H15BrO2/c1-2-13(17)11-7-3-5-9-14(11)18-15-10-6-4-8-12(15)16/h3-10,13,17H,2H2,1H3/t13-/m1/s1. The van der Waals surface area contributed by atoms with E-state index >= 15 is 0 Å². The summed E-state index contributed by atoms with van der Waals surface area (Å²) in [5.41, 5.74) is 0.816. The van der Waals surface area contributed by atoms with Gasteiger partial charge in [0.05, 0.1) is 10.6 Å². The van der Waals surface area contributed by atoms with E-state index in [2.05, 4.69) is 15.9 Å². The number of hydrogen-bond acceptors (Lipinski definition) is 2. The Bertz CT molecular complexity index is 525. The Balaban J connectivity index is 2.32. The molecule has 0 aliphatic heterocycles. The van der Waals surface area contributed by atoms with Crippen LogP contribution in [0.25, 0.3) is 0 Å². The molecule has 1 atom stereocenters. The van der Waals surface area contributed by atoms with E-state index in [-0.39, 0.29) is 0 Å². The smallest absolute Gasteiger partial charge is 0.141 e. The van der Waals surface area contributed by atoms with Gasteiger partial charge in [-0.05, 0) is 40.5 Å². The van der Waals surface area contributed by atoms with Crippen molar-refractivity contribution < 1.29 is 9.84 Å². The molecule has 0 unspecified atom stereocenters. The summed E-state index contributed by atoms with van der Waals surface area (Å²) in [6.07, 6.45) is 0.166. The second-order valence-electron chi connectivity index (χ2n) is 3.99. The summed E-state index contributed by atoms with van der Waals surface area (Å²) in [7, 11) is 0. The topological polar surface area (TPSA) is 29.5 Å². The number of para-hydroxylation sites is 2. The lowest BCUT2D eigenvalue weighted by atomic mass is 10.1. The van der Waals surface area contributed by atoms with E-state index in [4.69, 9.17) is 4.74 Å². The Morgan fingerprint density at radius 1 is 1.06 bits per heavy atom. The lowest BCUT2D eigenvalue weighted by Crippen LogP contribution is -1.98. The third kappa shape index (κ3) is 2.92. The van der Waals surface area contributed by atoms with E-state index in [9.17, 15) is 5.11 Å². The average Bonchev–Trinajstić information content (AvgIpc) is 2.41. The molecule has 3 heteroatoms. The maximum atomic E-state index is 9.97. The van der Waals surface area contributed by atoms with Crippen LogP contribution in [0.4, 0.5) is 0 Å². The molecule has 1 N–H and O–H groups in total. The number of aliphatic hydroxyl groups excluding tert-OH is 1. The van der Waals surface area contributed by atoms with Crippen LogP contribution in [0, 0.1) is 0 Å². The Morgan fingerprint density at radius 3 is 2.33 bits per heavy atom. The first-order valence-electron chi connectivity index (χ1n) is 5.91. The summed E-state index contributed by atoms with van der Waals surface area (Å²) >= 11 is 3.44. The summed E-state index contributed by atoms with van der Waals surface area (Å²) in [5.74, 6) is 1.44. The van der Waals surface area contributed by atoms with Gasteiger partial charge >= 0.3 is 0 Å². The highest BCUT2D eigenvalue weighted by molar-refractivity contribution is 9.10. The number of aliphatic hydroxyl groups is 1. The predicted octanol–water partition coefficient (Wildman–Crippen LogP) is 4.68. The van der Waals surface area contributed by atoms with Crippen LogP contribution in [0.1, 0.15) is 25.0 Å². The molecule has 18 heavy (non-hydrogen) atoms. The summed E-state index contributed by atoms with van der Waals surface area (Å²) < 4.78 is 6.75. The molecular formula is C15H15BrO2. The first-order chi connectivity index (χ1) is 8.72. The quantitative estimate of drug-likeness (QED) is 0.888. The molecule has 0 spiro atoms. The molecule has 2 rings (SSSR count). The third-order valence-corrected chi connectivity index (χ3v) is 3.38. The molecule has 94 valence electrons. The van der Waals surface area contributed by atoms with Crippen LogP contribution in [-0.2, 0) is 0 Å². The molecule has 2 aromatic rings. The van der Waals surface area contributed by atoms with E-state index in [1.807, 2.05) is 55.5 Å². The van der Waals surface area contributed by atoms with Crippen LogP contribution in [-0.4, -0.2) is 5.11 Å². The molecule has 0 heterocycles. The van der Waals surface area contributed by atoms with Gasteiger partial charge in [-0.3, -0.25) is 0 Å². The van der Waals surface area contributed by atoms with E-state index in [1.54, 1.807) is 0 Å². The van der Waals surface area contributed by atoms with Crippen molar-refractivity contribution in [1.29, 1.82) is 0 Å². The Morgan fingerprint density at radius 2 is 1.67 bits per heavy atom. The summed E-state index contributed by atoms with van der Waals surface area (Å²) in [5, 5.41) is 9.97. The van der Waals surface area contributed by atoms with Crippen molar-refractivity contribution in [2.45, 2.75) is 19.4 Å². The van der Waals surface area contributed by atoms with Gasteiger partial charge in [-0.1, -0.05) is 37.3 Å². The predicted molar refractivity (Wildman–Crippen MR) is 75.9 cm³/mol. The molecule has 0 saturated carbocycles. The van der Waals surface area contributed by atoms with Crippen LogP contribution in [0.3, 0.4) is 0 Å². The number of benzene rings is 2. The fraction of sp³-hybridized carbons (Fsp3) is 0.200. The third-order valence-electron chi connectivity index (χ3n) is 2.72. The molecule has 0 amide bonds. The van der Waals surface area contributed by atoms with Gasteiger partial charge in [-0.25, -0.2) is 0 Å². The van der Waals surface area contributed by atoms with Crippen molar-refractivity contribution in [3.63, 3.8) is 0 Å². The van der Waals surface area contributed by atoms with E-state index in [0.717, 1.165) is 15.8 Å². The first-order valence-corrected chi connectivity index (χ1v) is 6.71. The summed E-state index contributed by atoms with van der Waals surface area (Å²) in [4.78, 5) is 0. The SMILES string of the molecule is CC[C@@H](O)c1ccccc1Oc1ccccc1Br. The first kappa shape index (κ1) is 13.1. The highest BCUT2D eigenvalue weighted by Crippen LogP contribution is 2.34. The molecule has 0 saturated heterocycles. The van der Waals surface area contributed by atoms with Crippen LogP contribution in [0.5, 0.6) is 11.5 Å². The summed E-state index contributed by atoms with van der Waals surface area (Å²) in [6, 6.07) is 15.2. The largest absolute Gasteiger partial charge is 0.456 e. The van der Waals surface area contributed by atoms with E-state index in [0.29, 0.717) is 12.2 Å². The fourth-order valence-electron chi connectivity index (χ4n) is 1.71. The zero-order valence-corrected chi connectivity index (χ0v) is 11.7. The number of rotatable bonds is 4. The van der Waals surface area contributed by atoms with Crippen LogP contribution in [0.15, 0.2) is 53.0 Å². The van der Waals surface area contributed by atoms with Crippen LogP contribution in [0.2, 0.25) is 0 Å². The zero-order valence-electron chi connectivity index (χ0n) is 10.1. The van der Waals surface area contributed by atoms with Crippen molar-refractivity contribution in [1.82, 2.24) is 0 Å². The van der Waals surface area contributed by atoms with Crippen molar-refractivity contribution in [2.75, 3.05) is 0 Å². The molecule has 0 bridgehead atoms. The highest BCUT2D eigenvalue weighted by atomic mass is 79.9. The molecule has 2 nitrogen and oxygen atoms in total. The highest BCUT2D eigenvalue weighted by Gasteiger charge is 2.12. The van der Waals surface area contributed by atoms with Gasteiger partial charge in [0.1, 0.15) is 11.5 Å². The van der Waals surface area contributed by atoms with Gasteiger partial charge in [0.2, 0.25) is 0 Å². The normalized spacial score (nSPS) is 12.2. The van der Waals surface area contributed by atoms with E-state index < -0.39 is 6.10 Å². The van der Waals surface area contributed by atoms with Crippen LogP contribution >= 0.6 is 15.9 Å². The lowest BCUT2D eigenvalue weighted by Gasteiger charge is -2.15. The van der Waals surface area contributed by atoms with E-state index in [1.165, 1.54) is 0 Å². The zero-order chi connectivity index (χ0) is 13.0. The Labute approximate surface area is 115 Å². The minimum atomic E-state index is -0.497. The second kappa shape index (κ2) is 6.03. The molecule has 0 aliphatic carbocycles. The average molecular weight is 307 g/mol. The van der Waals surface area contributed by atoms with Gasteiger partial charge in [0, 0.05) is 5.56 Å². The van der Waals surface area contributed by atoms with Gasteiger partial charge < -0.3 is 9.84 Å². The Kier molecular flexibility index (Phi) is 4.39. The Hall–Kier alpha value is -1.32. The van der Waals surface area contributed by atoms with Crippen LogP contribution < -0.4 is 4.74 Å². The maximum Gasteiger partial charge on any atom is 0.141 e. The van der Waals surface area contributed by atoms with Gasteiger partial charge in [0.15, 0.2) is 0 Å². The number of ether oxygens (including phenoxy) is 1. The van der Waals surface area contributed by atoms with Crippen molar-refractivity contribution in [3.8, 4) is 11.5 Å². The summed E-state index contributed by atoms with van der Waals surface area (Å²) in [6.45, 7) is 1.94. The minimum Gasteiger partial charge on any atom is -0.456 e. The van der Waals surface area contributed by atoms with Gasteiger partial charge in [0.25, 0.3) is 0 Å². The lowest BCUT2D eigenvalue weighted by molar-refractivity contribution is 0.170. The molecule has 0 aliphatic rings. The monoisotopic (exact) mass is 306 g/mol. The maximum absolute atomic E-state index is 9.97. The van der Waals surface area contributed by atoms with Crippen molar-refractivity contribution >= 4 is 15.9 Å². The molecular weight excluding hydrogens is 292 g/mol. The number of hydrogen-bond donors (Lipinski definition) is 1. The van der Waals surface area contributed by atoms with Gasteiger partial charge in [-0.2, -0.15) is 0 Å². The molecule has 0 radical (unpaired) electrons. The molecule has 0 aromatic heterocycles.